The SMILES string of the molecule is CC(C)[C@H]1COC2C3OCC(C)(C)N3C=[N+]21. The Morgan fingerprint density at radius 2 is 2.12 bits per heavy atom. The molecule has 3 atom stereocenters. The summed E-state index contributed by atoms with van der Waals surface area (Å²) in [6, 6.07) is 0.495. The van der Waals surface area contributed by atoms with Crippen molar-refractivity contribution >= 4 is 6.34 Å². The Morgan fingerprint density at radius 3 is 2.81 bits per heavy atom. The molecular weight excluding hydrogens is 204 g/mol. The van der Waals surface area contributed by atoms with Crippen LogP contribution in [0.15, 0.2) is 0 Å². The molecule has 4 heteroatoms. The van der Waals surface area contributed by atoms with E-state index >= 15 is 0 Å². The minimum Gasteiger partial charge on any atom is -0.330 e. The van der Waals surface area contributed by atoms with Crippen molar-refractivity contribution in [3.05, 3.63) is 0 Å². The maximum Gasteiger partial charge on any atom is 0.265 e. The van der Waals surface area contributed by atoms with E-state index in [0.717, 1.165) is 13.2 Å². The van der Waals surface area contributed by atoms with Crippen molar-refractivity contribution in [3.8, 4) is 0 Å². The average molecular weight is 225 g/mol. The fraction of sp³-hybridized carbons (Fsp3) is 0.917. The maximum absolute atomic E-state index is 5.89. The molecule has 0 aromatic carbocycles. The Bertz CT molecular complexity index is 338. The van der Waals surface area contributed by atoms with Crippen molar-refractivity contribution in [3.63, 3.8) is 0 Å². The Balaban J connectivity index is 1.91. The van der Waals surface area contributed by atoms with Crippen LogP contribution in [0.3, 0.4) is 0 Å². The van der Waals surface area contributed by atoms with Crippen LogP contribution in [-0.2, 0) is 9.47 Å². The van der Waals surface area contributed by atoms with Gasteiger partial charge in [0.05, 0.1) is 13.2 Å². The van der Waals surface area contributed by atoms with E-state index in [-0.39, 0.29) is 18.0 Å². The van der Waals surface area contributed by atoms with Gasteiger partial charge in [0, 0.05) is 0 Å². The number of hydrogen-bond acceptors (Lipinski definition) is 3. The Morgan fingerprint density at radius 1 is 1.38 bits per heavy atom. The number of hydrogen-bond donors (Lipinski definition) is 0. The second-order valence-corrected chi connectivity index (χ2v) is 6.02. The molecule has 3 rings (SSSR count). The summed E-state index contributed by atoms with van der Waals surface area (Å²) in [6.07, 6.45) is 2.42. The molecule has 0 N–H and O–H groups in total. The lowest BCUT2D eigenvalue weighted by atomic mass is 10.1. The molecule has 0 aliphatic carbocycles. The topological polar surface area (TPSA) is 24.7 Å². The molecular formula is C12H21N2O2+. The van der Waals surface area contributed by atoms with Gasteiger partial charge < -0.3 is 9.47 Å². The molecule has 0 spiro atoms. The normalized spacial score (nSPS) is 40.2. The van der Waals surface area contributed by atoms with Gasteiger partial charge in [-0.2, -0.15) is 0 Å². The summed E-state index contributed by atoms with van der Waals surface area (Å²) in [7, 11) is 0. The highest BCUT2D eigenvalue weighted by Crippen LogP contribution is 2.35. The van der Waals surface area contributed by atoms with Gasteiger partial charge in [0.15, 0.2) is 0 Å². The zero-order valence-corrected chi connectivity index (χ0v) is 10.5. The van der Waals surface area contributed by atoms with E-state index in [1.165, 1.54) is 0 Å². The Hall–Kier alpha value is -0.610. The van der Waals surface area contributed by atoms with Crippen molar-refractivity contribution in [2.45, 2.75) is 51.7 Å². The van der Waals surface area contributed by atoms with Crippen molar-refractivity contribution in [2.75, 3.05) is 13.2 Å². The van der Waals surface area contributed by atoms with Gasteiger partial charge in [0.2, 0.25) is 6.34 Å². The first-order valence-electron chi connectivity index (χ1n) is 6.15. The van der Waals surface area contributed by atoms with Crippen LogP contribution in [0.2, 0.25) is 0 Å². The molecule has 3 heterocycles. The lowest BCUT2D eigenvalue weighted by molar-refractivity contribution is -0.600. The summed E-state index contributed by atoms with van der Waals surface area (Å²) in [5.41, 5.74) is 0.0971. The van der Waals surface area contributed by atoms with Crippen LogP contribution in [0, 0.1) is 5.92 Å². The van der Waals surface area contributed by atoms with Gasteiger partial charge in [-0.3, -0.25) is 0 Å². The Labute approximate surface area is 96.8 Å². The zero-order valence-electron chi connectivity index (χ0n) is 10.5. The van der Waals surface area contributed by atoms with E-state index in [4.69, 9.17) is 9.47 Å². The molecule has 0 amide bonds. The van der Waals surface area contributed by atoms with Crippen LogP contribution in [0.25, 0.3) is 0 Å². The van der Waals surface area contributed by atoms with Gasteiger partial charge in [0.1, 0.15) is 11.6 Å². The van der Waals surface area contributed by atoms with Gasteiger partial charge in [-0.1, -0.05) is 13.8 Å². The summed E-state index contributed by atoms with van der Waals surface area (Å²) >= 11 is 0. The molecule has 90 valence electrons. The van der Waals surface area contributed by atoms with Gasteiger partial charge in [-0.25, -0.2) is 9.48 Å². The van der Waals surface area contributed by atoms with Gasteiger partial charge in [-0.15, -0.1) is 0 Å². The van der Waals surface area contributed by atoms with E-state index in [2.05, 4.69) is 43.5 Å². The van der Waals surface area contributed by atoms with Gasteiger partial charge >= 0.3 is 0 Å². The highest BCUT2D eigenvalue weighted by Gasteiger charge is 2.59. The van der Waals surface area contributed by atoms with E-state index in [1.54, 1.807) is 0 Å². The molecule has 0 aromatic rings. The number of fused-ring (bicyclic) bond motifs is 3. The lowest BCUT2D eigenvalue weighted by Gasteiger charge is -2.20. The third-order valence-corrected chi connectivity index (χ3v) is 3.97. The van der Waals surface area contributed by atoms with Crippen molar-refractivity contribution in [1.82, 2.24) is 4.90 Å². The molecule has 0 radical (unpaired) electrons. The monoisotopic (exact) mass is 225 g/mol. The molecule has 2 fully saturated rings. The fourth-order valence-electron chi connectivity index (χ4n) is 2.85. The van der Waals surface area contributed by atoms with Crippen LogP contribution < -0.4 is 0 Å². The highest BCUT2D eigenvalue weighted by atomic mass is 16.6. The van der Waals surface area contributed by atoms with Crippen LogP contribution >= 0.6 is 0 Å². The minimum absolute atomic E-state index is 0.0961. The van der Waals surface area contributed by atoms with E-state index in [0.29, 0.717) is 12.0 Å². The first kappa shape index (κ1) is 10.5. The van der Waals surface area contributed by atoms with E-state index < -0.39 is 0 Å². The zero-order chi connectivity index (χ0) is 11.5. The average Bonchev–Trinajstić information content (AvgIpc) is 2.77. The standard InChI is InChI=1S/C12H21N2O2/c1-8(2)9-5-15-10-11-14(7-13(9)10)12(3,4)6-16-11/h7-11H,5-6H2,1-4H3/q+1/t9-,10?,11?/m1/s1. The third kappa shape index (κ3) is 1.26. The Kier molecular flexibility index (Phi) is 2.11. The minimum atomic E-state index is 0.0961. The molecule has 16 heavy (non-hydrogen) atoms. The highest BCUT2D eigenvalue weighted by molar-refractivity contribution is 5.54. The summed E-state index contributed by atoms with van der Waals surface area (Å²) in [4.78, 5) is 2.31. The predicted molar refractivity (Wildman–Crippen MR) is 60.3 cm³/mol. The van der Waals surface area contributed by atoms with Gasteiger partial charge in [-0.05, 0) is 19.8 Å². The number of rotatable bonds is 1. The predicted octanol–water partition coefficient (Wildman–Crippen LogP) is 0.859. The quantitative estimate of drug-likeness (QED) is 0.619. The summed E-state index contributed by atoms with van der Waals surface area (Å²) < 4.78 is 14.1. The van der Waals surface area contributed by atoms with Crippen LogP contribution in [-0.4, -0.2) is 53.1 Å². The first-order valence-corrected chi connectivity index (χ1v) is 6.15. The molecule has 3 aliphatic rings. The van der Waals surface area contributed by atoms with Crippen LogP contribution in [0.1, 0.15) is 27.7 Å². The van der Waals surface area contributed by atoms with Crippen molar-refractivity contribution in [2.24, 2.45) is 5.92 Å². The second-order valence-electron chi connectivity index (χ2n) is 6.02. The summed E-state index contributed by atoms with van der Waals surface area (Å²) in [5.74, 6) is 0.615. The summed E-state index contributed by atoms with van der Waals surface area (Å²) in [5, 5.41) is 0. The summed E-state index contributed by atoms with van der Waals surface area (Å²) in [6.45, 7) is 10.5. The molecule has 0 bridgehead atoms. The van der Waals surface area contributed by atoms with Crippen molar-refractivity contribution in [1.29, 1.82) is 0 Å². The third-order valence-electron chi connectivity index (χ3n) is 3.97. The first-order chi connectivity index (χ1) is 7.50. The van der Waals surface area contributed by atoms with Crippen LogP contribution in [0.5, 0.6) is 0 Å². The molecule has 3 aliphatic heterocycles. The molecule has 2 saturated heterocycles. The van der Waals surface area contributed by atoms with Crippen LogP contribution in [0.4, 0.5) is 0 Å². The van der Waals surface area contributed by atoms with E-state index in [1.807, 2.05) is 0 Å². The van der Waals surface area contributed by atoms with Crippen molar-refractivity contribution < 1.29 is 14.0 Å². The molecule has 2 unspecified atom stereocenters. The second kappa shape index (κ2) is 3.20. The van der Waals surface area contributed by atoms with E-state index in [9.17, 15) is 0 Å². The lowest BCUT2D eigenvalue weighted by Crippen LogP contribution is -2.43. The smallest absolute Gasteiger partial charge is 0.265 e. The fourth-order valence-corrected chi connectivity index (χ4v) is 2.85. The molecule has 4 nitrogen and oxygen atoms in total. The largest absolute Gasteiger partial charge is 0.330 e. The van der Waals surface area contributed by atoms with Gasteiger partial charge in [0.25, 0.3) is 12.5 Å². The maximum atomic E-state index is 5.89. The molecule has 0 aromatic heterocycles. The number of ether oxygens (including phenoxy) is 2. The molecule has 0 saturated carbocycles. The number of nitrogens with zero attached hydrogens (tertiary/aromatic N) is 2.